The number of thiophene rings is 1. The van der Waals surface area contributed by atoms with Crippen LogP contribution in [0.15, 0.2) is 42.5 Å². The third-order valence-corrected chi connectivity index (χ3v) is 7.23. The van der Waals surface area contributed by atoms with Gasteiger partial charge in [0.05, 0.1) is 6.42 Å². The van der Waals surface area contributed by atoms with Crippen LogP contribution in [0.1, 0.15) is 67.0 Å². The zero-order valence-electron chi connectivity index (χ0n) is 17.4. The first-order valence-electron chi connectivity index (χ1n) is 11.1. The molecule has 2 N–H and O–H groups in total. The number of unbranched alkanes of at least 4 members (excludes halogenated alkanes) is 3. The van der Waals surface area contributed by atoms with Gasteiger partial charge in [0.25, 0.3) is 0 Å². The fourth-order valence-corrected chi connectivity index (χ4v) is 5.52. The highest BCUT2D eigenvalue weighted by molar-refractivity contribution is 7.19. The fraction of sp³-hybridized carbons (Fsp3) is 0.440. The maximum absolute atomic E-state index is 11.4. The lowest BCUT2D eigenvalue weighted by molar-refractivity contribution is -0.137. The van der Waals surface area contributed by atoms with Crippen molar-refractivity contribution < 1.29 is 9.90 Å². The molecule has 30 heavy (non-hydrogen) atoms. The largest absolute Gasteiger partial charge is 0.481 e. The van der Waals surface area contributed by atoms with E-state index < -0.39 is 5.97 Å². The Morgan fingerprint density at radius 2 is 2.00 bits per heavy atom. The number of hydrogen-bond acceptors (Lipinski definition) is 4. The number of aromatic nitrogens is 1. The van der Waals surface area contributed by atoms with Crippen LogP contribution in [0.4, 0.5) is 5.82 Å². The van der Waals surface area contributed by atoms with Crippen molar-refractivity contribution in [3.63, 3.8) is 0 Å². The molecule has 0 unspecified atom stereocenters. The molecule has 0 radical (unpaired) electrons. The van der Waals surface area contributed by atoms with Crippen LogP contribution in [0.25, 0.3) is 10.1 Å². The van der Waals surface area contributed by atoms with Gasteiger partial charge in [-0.3, -0.25) is 4.79 Å². The number of carboxylic acids is 1. The molecule has 1 aliphatic rings. The van der Waals surface area contributed by atoms with Crippen molar-refractivity contribution >= 4 is 33.2 Å². The summed E-state index contributed by atoms with van der Waals surface area (Å²) in [6.07, 6.45) is 9.03. The highest BCUT2D eigenvalue weighted by atomic mass is 32.1. The lowest BCUT2D eigenvalue weighted by Crippen LogP contribution is -2.13. The maximum atomic E-state index is 11.4. The molecule has 0 saturated heterocycles. The standard InChI is InChI=1S/C25H30N2O2S/c28-24(29)17-20(23-16-19-9-5-6-12-22(19)30-23)8-3-1-2-4-11-21-14-13-18-10-7-15-26-25(18)27-21/h5-6,9,12-14,16,20H,1-4,7-8,10-11,15,17H2,(H,26,27)(H,28,29)/t20-/m1/s1. The SMILES string of the molecule is O=C(O)C[C@@H](CCCCCCc1ccc2c(n1)NCCC2)c1cc2ccccc2s1. The molecular formula is C25H30N2O2S. The van der Waals surface area contributed by atoms with Crippen LogP contribution in [0.3, 0.4) is 0 Å². The predicted octanol–water partition coefficient (Wildman–Crippen LogP) is 6.41. The topological polar surface area (TPSA) is 62.2 Å². The summed E-state index contributed by atoms with van der Waals surface area (Å²) in [7, 11) is 0. The van der Waals surface area contributed by atoms with Crippen LogP contribution in [0.5, 0.6) is 0 Å². The normalized spacial score (nSPS) is 14.3. The number of benzene rings is 1. The molecular weight excluding hydrogens is 392 g/mol. The van der Waals surface area contributed by atoms with E-state index in [1.807, 2.05) is 12.1 Å². The van der Waals surface area contributed by atoms with Gasteiger partial charge >= 0.3 is 5.97 Å². The molecule has 5 heteroatoms. The van der Waals surface area contributed by atoms with Gasteiger partial charge in [0.2, 0.25) is 0 Å². The van der Waals surface area contributed by atoms with Crippen molar-refractivity contribution in [1.82, 2.24) is 4.98 Å². The number of carboxylic acid groups (broad SMARTS) is 1. The van der Waals surface area contributed by atoms with Gasteiger partial charge in [0.1, 0.15) is 5.82 Å². The monoisotopic (exact) mass is 422 g/mol. The minimum atomic E-state index is -0.704. The molecule has 158 valence electrons. The average Bonchev–Trinajstić information content (AvgIpc) is 3.19. The van der Waals surface area contributed by atoms with Gasteiger partial charge in [-0.2, -0.15) is 0 Å². The number of nitrogens with one attached hydrogen (secondary N) is 1. The van der Waals surface area contributed by atoms with Crippen LogP contribution in [0, 0.1) is 0 Å². The van der Waals surface area contributed by atoms with Crippen LogP contribution in [-0.4, -0.2) is 22.6 Å². The van der Waals surface area contributed by atoms with E-state index in [2.05, 4.69) is 35.6 Å². The van der Waals surface area contributed by atoms with Crippen molar-refractivity contribution in [2.24, 2.45) is 0 Å². The van der Waals surface area contributed by atoms with Crippen molar-refractivity contribution in [1.29, 1.82) is 0 Å². The first-order chi connectivity index (χ1) is 14.7. The van der Waals surface area contributed by atoms with Gasteiger partial charge in [-0.05, 0) is 61.3 Å². The minimum Gasteiger partial charge on any atom is -0.481 e. The van der Waals surface area contributed by atoms with Gasteiger partial charge < -0.3 is 10.4 Å². The van der Waals surface area contributed by atoms with Gasteiger partial charge in [-0.15, -0.1) is 11.3 Å². The molecule has 1 aliphatic heterocycles. The molecule has 0 spiro atoms. The zero-order chi connectivity index (χ0) is 20.8. The molecule has 2 aromatic heterocycles. The molecule has 3 heterocycles. The third-order valence-electron chi connectivity index (χ3n) is 5.96. The number of pyridine rings is 1. The molecule has 0 saturated carbocycles. The summed E-state index contributed by atoms with van der Waals surface area (Å²) in [4.78, 5) is 17.4. The molecule has 4 nitrogen and oxygen atoms in total. The quantitative estimate of drug-likeness (QED) is 0.371. The molecule has 3 aromatic rings. The van der Waals surface area contributed by atoms with E-state index in [0.29, 0.717) is 0 Å². The Morgan fingerprint density at radius 1 is 1.13 bits per heavy atom. The van der Waals surface area contributed by atoms with Gasteiger partial charge in [0, 0.05) is 27.7 Å². The predicted molar refractivity (Wildman–Crippen MR) is 125 cm³/mol. The fourth-order valence-electron chi connectivity index (χ4n) is 4.32. The third kappa shape index (κ3) is 5.39. The lowest BCUT2D eigenvalue weighted by atomic mass is 9.95. The summed E-state index contributed by atoms with van der Waals surface area (Å²) >= 11 is 1.75. The molecule has 1 aromatic carbocycles. The summed E-state index contributed by atoms with van der Waals surface area (Å²) in [6, 6.07) is 14.9. The van der Waals surface area contributed by atoms with Gasteiger partial charge in [-0.1, -0.05) is 43.5 Å². The number of fused-ring (bicyclic) bond motifs is 2. The molecule has 0 fully saturated rings. The second kappa shape index (κ2) is 10.1. The summed E-state index contributed by atoms with van der Waals surface area (Å²) in [5.41, 5.74) is 2.52. The highest BCUT2D eigenvalue weighted by Crippen LogP contribution is 2.35. The Labute approximate surface area is 182 Å². The molecule has 0 aliphatic carbocycles. The Morgan fingerprint density at radius 3 is 2.87 bits per heavy atom. The van der Waals surface area contributed by atoms with Crippen molar-refractivity contribution in [2.75, 3.05) is 11.9 Å². The summed E-state index contributed by atoms with van der Waals surface area (Å²) in [6.45, 7) is 1.03. The van der Waals surface area contributed by atoms with E-state index in [-0.39, 0.29) is 12.3 Å². The molecule has 0 amide bonds. The van der Waals surface area contributed by atoms with Crippen molar-refractivity contribution in [2.45, 2.75) is 63.7 Å². The smallest absolute Gasteiger partial charge is 0.303 e. The van der Waals surface area contributed by atoms with Crippen LogP contribution >= 0.6 is 11.3 Å². The van der Waals surface area contributed by atoms with Crippen LogP contribution < -0.4 is 5.32 Å². The second-order valence-electron chi connectivity index (χ2n) is 8.27. The molecule has 1 atom stereocenters. The van der Waals surface area contributed by atoms with E-state index >= 15 is 0 Å². The summed E-state index contributed by atoms with van der Waals surface area (Å²) in [5.74, 6) is 0.497. The molecule has 4 rings (SSSR count). The summed E-state index contributed by atoms with van der Waals surface area (Å²) < 4.78 is 1.25. The Bertz CT molecular complexity index is 965. The number of carbonyl (C=O) groups is 1. The van der Waals surface area contributed by atoms with Crippen molar-refractivity contribution in [3.8, 4) is 0 Å². The van der Waals surface area contributed by atoms with E-state index in [9.17, 15) is 9.90 Å². The summed E-state index contributed by atoms with van der Waals surface area (Å²) in [5, 5.41) is 14.0. The van der Waals surface area contributed by atoms with Crippen molar-refractivity contribution in [3.05, 3.63) is 58.6 Å². The van der Waals surface area contributed by atoms with Gasteiger partial charge in [-0.25, -0.2) is 4.98 Å². The van der Waals surface area contributed by atoms with E-state index in [1.54, 1.807) is 11.3 Å². The Hall–Kier alpha value is -2.40. The van der Waals surface area contributed by atoms with Gasteiger partial charge in [0.15, 0.2) is 0 Å². The first kappa shape index (κ1) is 20.9. The van der Waals surface area contributed by atoms with E-state index in [4.69, 9.17) is 4.98 Å². The molecule has 0 bridgehead atoms. The van der Waals surface area contributed by atoms with Crippen LogP contribution in [-0.2, 0) is 17.6 Å². The Balaban J connectivity index is 1.24. The lowest BCUT2D eigenvalue weighted by Gasteiger charge is -2.17. The maximum Gasteiger partial charge on any atom is 0.303 e. The second-order valence-corrected chi connectivity index (χ2v) is 9.39. The highest BCUT2D eigenvalue weighted by Gasteiger charge is 2.18. The average molecular weight is 423 g/mol. The minimum absolute atomic E-state index is 0.119. The van der Waals surface area contributed by atoms with Crippen LogP contribution in [0.2, 0.25) is 0 Å². The number of nitrogens with zero attached hydrogens (tertiary/aromatic N) is 1. The number of anilines is 1. The zero-order valence-corrected chi connectivity index (χ0v) is 18.2. The number of hydrogen-bond donors (Lipinski definition) is 2. The Kier molecular flexibility index (Phi) is 7.00. The number of aryl methyl sites for hydroxylation is 2. The van der Waals surface area contributed by atoms with E-state index in [1.165, 1.54) is 39.1 Å². The number of aliphatic carboxylic acids is 1. The van der Waals surface area contributed by atoms with E-state index in [0.717, 1.165) is 50.9 Å². The number of rotatable bonds is 10. The first-order valence-corrected chi connectivity index (χ1v) is 11.9.